The highest BCUT2D eigenvalue weighted by Gasteiger charge is 2.24. The van der Waals surface area contributed by atoms with Gasteiger partial charge in [-0.1, -0.05) is 40.3 Å². The van der Waals surface area contributed by atoms with Crippen LogP contribution in [0.1, 0.15) is 61.3 Å². The first kappa shape index (κ1) is 26.3. The van der Waals surface area contributed by atoms with Crippen molar-refractivity contribution in [3.63, 3.8) is 0 Å². The number of amides is 1. The second-order valence-corrected chi connectivity index (χ2v) is 9.26. The minimum atomic E-state index is -2.05. The Morgan fingerprint density at radius 1 is 1.30 bits per heavy atom. The maximum atomic E-state index is 12.3. The number of para-hydroxylation sites is 1. The molecule has 0 spiro atoms. The molecule has 0 aliphatic rings. The molecule has 10 heteroatoms. The quantitative estimate of drug-likeness (QED) is 0.188. The van der Waals surface area contributed by atoms with Crippen LogP contribution in [0.5, 0.6) is 5.75 Å². The van der Waals surface area contributed by atoms with Gasteiger partial charge in [-0.3, -0.25) is 4.79 Å². The summed E-state index contributed by atoms with van der Waals surface area (Å²) in [6.45, 7) is 12.2. The minimum absolute atomic E-state index is 0.0573. The molecule has 5 N–H and O–H groups in total. The summed E-state index contributed by atoms with van der Waals surface area (Å²) in [5, 5.41) is 22.2. The molecule has 0 radical (unpaired) electrons. The van der Waals surface area contributed by atoms with Crippen LogP contribution in [0.2, 0.25) is 0 Å². The van der Waals surface area contributed by atoms with Gasteiger partial charge in [-0.2, -0.15) is 0 Å². The number of nitrogens with two attached hydrogens (primary N) is 1. The fourth-order valence-electron chi connectivity index (χ4n) is 3.09. The predicted octanol–water partition coefficient (Wildman–Crippen LogP) is 3.66. The second kappa shape index (κ2) is 11.3. The summed E-state index contributed by atoms with van der Waals surface area (Å²) in [4.78, 5) is 13.7. The van der Waals surface area contributed by atoms with Crippen molar-refractivity contribution in [3.05, 3.63) is 59.7 Å². The Morgan fingerprint density at radius 2 is 1.97 bits per heavy atom. The molecule has 1 amide bonds. The third-order valence-electron chi connectivity index (χ3n) is 5.00. The minimum Gasteiger partial charge on any atom is -0.572 e. The molecule has 0 aliphatic carbocycles. The average molecular weight is 476 g/mol. The topological polar surface area (TPSA) is 139 Å². The molecule has 0 saturated heterocycles. The Labute approximate surface area is 198 Å². The molecular formula is C23H33N5O4S. The van der Waals surface area contributed by atoms with Gasteiger partial charge >= 0.3 is 0 Å². The number of benzene rings is 1. The Morgan fingerprint density at radius 3 is 2.48 bits per heavy atom. The SMILES string of the molecule is C=C(N[C@@H](c1cc(C(C)C)co1)C(C)C)/C(=N\[S+](N)[O-])Nc1cccc(C(=O)N(C)C)c1O. The molecule has 1 aromatic carbocycles. The Bertz CT molecular complexity index is 1010. The lowest BCUT2D eigenvalue weighted by atomic mass is 9.99. The Balaban J connectivity index is 2.34. The highest BCUT2D eigenvalue weighted by atomic mass is 32.2. The largest absolute Gasteiger partial charge is 0.572 e. The van der Waals surface area contributed by atoms with Gasteiger partial charge in [-0.15, -0.1) is 5.14 Å². The van der Waals surface area contributed by atoms with Gasteiger partial charge in [0.15, 0.2) is 17.3 Å². The van der Waals surface area contributed by atoms with E-state index in [1.807, 2.05) is 19.9 Å². The fraction of sp³-hybridized carbons (Fsp3) is 0.391. The number of furan rings is 1. The van der Waals surface area contributed by atoms with Crippen LogP contribution >= 0.6 is 0 Å². The second-order valence-electron chi connectivity index (χ2n) is 8.52. The smallest absolute Gasteiger partial charge is 0.257 e. The van der Waals surface area contributed by atoms with Gasteiger partial charge in [-0.25, -0.2) is 0 Å². The van der Waals surface area contributed by atoms with E-state index in [0.717, 1.165) is 11.3 Å². The van der Waals surface area contributed by atoms with E-state index in [9.17, 15) is 14.5 Å². The van der Waals surface area contributed by atoms with E-state index in [4.69, 9.17) is 9.56 Å². The molecule has 180 valence electrons. The van der Waals surface area contributed by atoms with Gasteiger partial charge in [0.2, 0.25) is 5.84 Å². The Hall–Kier alpha value is -2.95. The first-order chi connectivity index (χ1) is 15.4. The molecule has 0 bridgehead atoms. The number of amidine groups is 1. The summed E-state index contributed by atoms with van der Waals surface area (Å²) in [6, 6.07) is 6.41. The number of hydrogen-bond acceptors (Lipinski definition) is 7. The number of carbonyl (C=O) groups excluding carboxylic acids is 1. The molecule has 9 nitrogen and oxygen atoms in total. The number of anilines is 1. The van der Waals surface area contributed by atoms with Crippen LogP contribution in [-0.4, -0.2) is 40.4 Å². The van der Waals surface area contributed by atoms with Crippen LogP contribution in [0.4, 0.5) is 5.69 Å². The lowest BCUT2D eigenvalue weighted by Gasteiger charge is -2.24. The van der Waals surface area contributed by atoms with Gasteiger partial charge in [0, 0.05) is 14.1 Å². The highest BCUT2D eigenvalue weighted by molar-refractivity contribution is 7.88. The third kappa shape index (κ3) is 6.77. The summed E-state index contributed by atoms with van der Waals surface area (Å²) >= 11 is -2.05. The van der Waals surface area contributed by atoms with Gasteiger partial charge < -0.3 is 29.6 Å². The molecule has 0 fully saturated rings. The number of rotatable bonds is 9. The zero-order chi connectivity index (χ0) is 24.9. The molecule has 1 aromatic heterocycles. The van der Waals surface area contributed by atoms with Crippen molar-refractivity contribution in [2.24, 2.45) is 15.5 Å². The fourth-order valence-corrected chi connectivity index (χ4v) is 3.42. The molecule has 1 heterocycles. The zero-order valence-corrected chi connectivity index (χ0v) is 20.7. The summed E-state index contributed by atoms with van der Waals surface area (Å²) in [6.07, 6.45) is 1.73. The molecule has 1 unspecified atom stereocenters. The number of hydrogen-bond donors (Lipinski definition) is 4. The van der Waals surface area contributed by atoms with Crippen LogP contribution in [0.25, 0.3) is 0 Å². The van der Waals surface area contributed by atoms with Crippen LogP contribution in [0, 0.1) is 5.92 Å². The number of carbonyl (C=O) groups is 1. The predicted molar refractivity (Wildman–Crippen MR) is 132 cm³/mol. The molecule has 0 aliphatic heterocycles. The van der Waals surface area contributed by atoms with E-state index in [1.165, 1.54) is 11.0 Å². The van der Waals surface area contributed by atoms with Crippen LogP contribution in [0.3, 0.4) is 0 Å². The number of aromatic hydroxyl groups is 1. The van der Waals surface area contributed by atoms with E-state index in [1.54, 1.807) is 32.5 Å². The number of phenolic OH excluding ortho intramolecular Hbond substituents is 1. The van der Waals surface area contributed by atoms with Crippen molar-refractivity contribution < 1.29 is 18.9 Å². The van der Waals surface area contributed by atoms with Gasteiger partial charge in [-0.05, 0) is 40.0 Å². The average Bonchev–Trinajstić information content (AvgIpc) is 3.21. The number of nitrogens with zero attached hydrogens (tertiary/aromatic N) is 2. The number of phenols is 1. The molecule has 2 aromatic rings. The van der Waals surface area contributed by atoms with E-state index < -0.39 is 11.5 Å². The van der Waals surface area contributed by atoms with Crippen molar-refractivity contribution in [2.45, 2.75) is 39.7 Å². The summed E-state index contributed by atoms with van der Waals surface area (Å²) in [7, 11) is 3.17. The molecule has 0 saturated carbocycles. The third-order valence-corrected chi connectivity index (χ3v) is 5.36. The van der Waals surface area contributed by atoms with Gasteiger partial charge in [0.1, 0.15) is 5.76 Å². The normalized spacial score (nSPS) is 13.7. The van der Waals surface area contributed by atoms with Crippen LogP contribution in [-0.2, 0) is 11.5 Å². The van der Waals surface area contributed by atoms with Crippen LogP contribution in [0.15, 0.2) is 51.6 Å². The molecule has 2 rings (SSSR count). The zero-order valence-electron chi connectivity index (χ0n) is 19.9. The summed E-state index contributed by atoms with van der Waals surface area (Å²) in [5.41, 5.74) is 1.66. The van der Waals surface area contributed by atoms with Crippen molar-refractivity contribution in [2.75, 3.05) is 19.4 Å². The maximum absolute atomic E-state index is 12.3. The van der Waals surface area contributed by atoms with Crippen molar-refractivity contribution in [1.29, 1.82) is 0 Å². The van der Waals surface area contributed by atoms with Crippen molar-refractivity contribution >= 4 is 29.0 Å². The highest BCUT2D eigenvalue weighted by Crippen LogP contribution is 2.30. The summed E-state index contributed by atoms with van der Waals surface area (Å²) < 4.78 is 21.4. The number of nitrogens with one attached hydrogen (secondary N) is 2. The molecule has 2 atom stereocenters. The van der Waals surface area contributed by atoms with E-state index >= 15 is 0 Å². The first-order valence-corrected chi connectivity index (χ1v) is 11.7. The maximum Gasteiger partial charge on any atom is 0.257 e. The Kier molecular flexibility index (Phi) is 8.98. The molecule has 33 heavy (non-hydrogen) atoms. The lowest BCUT2D eigenvalue weighted by molar-refractivity contribution is 0.0824. The first-order valence-electron chi connectivity index (χ1n) is 10.5. The standard InChI is InChI=1S/C23H33N5O4S/c1-13(2)16-11-19(32-12-16)20(14(3)4)25-15(5)22(27-33(24)31)26-18-10-8-9-17(21(18)29)23(30)28(6)7/h8-14,20,25,29H,5,24H2,1-4,6-7H3,(H,26,27)/t20-,33?/m1/s1. The van der Waals surface area contributed by atoms with Gasteiger partial charge in [0.25, 0.3) is 5.91 Å². The van der Waals surface area contributed by atoms with E-state index in [-0.39, 0.29) is 40.7 Å². The molecular weight excluding hydrogens is 442 g/mol. The van der Waals surface area contributed by atoms with E-state index in [0.29, 0.717) is 11.6 Å². The van der Waals surface area contributed by atoms with Crippen molar-refractivity contribution in [1.82, 2.24) is 10.2 Å². The van der Waals surface area contributed by atoms with Crippen molar-refractivity contribution in [3.8, 4) is 5.75 Å². The summed E-state index contributed by atoms with van der Waals surface area (Å²) in [5.74, 6) is 0.579. The van der Waals surface area contributed by atoms with Crippen LogP contribution < -0.4 is 15.8 Å². The van der Waals surface area contributed by atoms with E-state index in [2.05, 4.69) is 35.5 Å². The van der Waals surface area contributed by atoms with Gasteiger partial charge in [0.05, 0.1) is 29.3 Å². The lowest BCUT2D eigenvalue weighted by Crippen LogP contribution is -2.32. The monoisotopic (exact) mass is 475 g/mol.